The average Bonchev–Trinajstić information content (AvgIpc) is 2.45. The molecular weight excluding hydrogens is 250 g/mol. The van der Waals surface area contributed by atoms with E-state index in [4.69, 9.17) is 10.00 Å². The van der Waals surface area contributed by atoms with Gasteiger partial charge in [0.25, 0.3) is 0 Å². The minimum Gasteiger partial charge on any atom is -0.479 e. The summed E-state index contributed by atoms with van der Waals surface area (Å²) in [5.41, 5.74) is 1.22. The maximum atomic E-state index is 8.46. The van der Waals surface area contributed by atoms with Crippen molar-refractivity contribution < 1.29 is 4.74 Å². The van der Waals surface area contributed by atoms with Crippen LogP contribution in [0.15, 0.2) is 24.3 Å². The van der Waals surface area contributed by atoms with E-state index in [-0.39, 0.29) is 6.61 Å². The number of likely N-dealkylation sites (N-methyl/N-ethyl adjacent to an activating group) is 1. The summed E-state index contributed by atoms with van der Waals surface area (Å²) in [6.07, 6.45) is 0. The van der Waals surface area contributed by atoms with E-state index < -0.39 is 0 Å². The van der Waals surface area contributed by atoms with Gasteiger partial charge in [0.15, 0.2) is 6.61 Å². The fourth-order valence-corrected chi connectivity index (χ4v) is 1.80. The van der Waals surface area contributed by atoms with Crippen molar-refractivity contribution in [3.05, 3.63) is 29.8 Å². The SMILES string of the molecule is CC(NCCN(C)C(C)C)c1ccc(OCC#N)cc1. The fraction of sp³-hybridized carbons (Fsp3) is 0.562. The van der Waals surface area contributed by atoms with Crippen LogP contribution < -0.4 is 10.1 Å². The predicted octanol–water partition coefficient (Wildman–Crippen LogP) is 2.58. The first-order chi connectivity index (χ1) is 9.54. The number of benzene rings is 1. The zero-order valence-electron chi connectivity index (χ0n) is 12.9. The minimum absolute atomic E-state index is 0.0920. The molecule has 0 saturated carbocycles. The summed E-state index contributed by atoms with van der Waals surface area (Å²) >= 11 is 0. The topological polar surface area (TPSA) is 48.3 Å². The molecule has 0 fully saturated rings. The maximum Gasteiger partial charge on any atom is 0.174 e. The Balaban J connectivity index is 2.39. The molecule has 0 aromatic heterocycles. The van der Waals surface area contributed by atoms with Gasteiger partial charge in [0.1, 0.15) is 11.8 Å². The van der Waals surface area contributed by atoms with E-state index in [1.165, 1.54) is 5.56 Å². The number of ether oxygens (including phenoxy) is 1. The van der Waals surface area contributed by atoms with Crippen molar-refractivity contribution in [2.24, 2.45) is 0 Å². The molecule has 0 heterocycles. The van der Waals surface area contributed by atoms with Gasteiger partial charge in [0.2, 0.25) is 0 Å². The smallest absolute Gasteiger partial charge is 0.174 e. The van der Waals surface area contributed by atoms with Crippen LogP contribution in [0, 0.1) is 11.3 Å². The van der Waals surface area contributed by atoms with E-state index in [9.17, 15) is 0 Å². The quantitative estimate of drug-likeness (QED) is 0.792. The number of nitrogens with zero attached hydrogens (tertiary/aromatic N) is 2. The van der Waals surface area contributed by atoms with Crippen LogP contribution in [0.3, 0.4) is 0 Å². The molecule has 110 valence electrons. The van der Waals surface area contributed by atoms with Crippen LogP contribution in [0.1, 0.15) is 32.4 Å². The third-order valence-electron chi connectivity index (χ3n) is 3.48. The van der Waals surface area contributed by atoms with Crippen LogP contribution in [-0.4, -0.2) is 37.7 Å². The first-order valence-corrected chi connectivity index (χ1v) is 7.08. The van der Waals surface area contributed by atoms with Gasteiger partial charge in [0.05, 0.1) is 0 Å². The van der Waals surface area contributed by atoms with Crippen molar-refractivity contribution in [2.45, 2.75) is 32.9 Å². The van der Waals surface area contributed by atoms with Gasteiger partial charge >= 0.3 is 0 Å². The Morgan fingerprint density at radius 2 is 1.90 bits per heavy atom. The van der Waals surface area contributed by atoms with Crippen molar-refractivity contribution in [1.82, 2.24) is 10.2 Å². The molecule has 1 rings (SSSR count). The second-order valence-corrected chi connectivity index (χ2v) is 5.27. The van der Waals surface area contributed by atoms with Crippen LogP contribution in [0.4, 0.5) is 0 Å². The van der Waals surface area contributed by atoms with Gasteiger partial charge in [0, 0.05) is 25.2 Å². The molecule has 0 aliphatic carbocycles. The molecule has 20 heavy (non-hydrogen) atoms. The number of hydrogen-bond donors (Lipinski definition) is 1. The molecule has 4 nitrogen and oxygen atoms in total. The Kier molecular flexibility index (Phi) is 7.06. The molecule has 4 heteroatoms. The van der Waals surface area contributed by atoms with Crippen molar-refractivity contribution in [1.29, 1.82) is 5.26 Å². The first kappa shape index (κ1) is 16.5. The molecule has 0 aliphatic rings. The molecular formula is C16H25N3O. The van der Waals surface area contributed by atoms with E-state index in [2.05, 4.69) is 38.0 Å². The van der Waals surface area contributed by atoms with E-state index in [1.807, 2.05) is 30.3 Å². The fourth-order valence-electron chi connectivity index (χ4n) is 1.80. The lowest BCUT2D eigenvalue weighted by atomic mass is 10.1. The molecule has 0 saturated heterocycles. The number of hydrogen-bond acceptors (Lipinski definition) is 4. The number of nitriles is 1. The molecule has 1 aromatic rings. The van der Waals surface area contributed by atoms with Crippen LogP contribution in [0.25, 0.3) is 0 Å². The highest BCUT2D eigenvalue weighted by atomic mass is 16.5. The van der Waals surface area contributed by atoms with E-state index >= 15 is 0 Å². The zero-order valence-corrected chi connectivity index (χ0v) is 12.9. The summed E-state index contributed by atoms with van der Waals surface area (Å²) in [5.74, 6) is 0.738. The Labute approximate surface area is 122 Å². The number of rotatable bonds is 8. The molecule has 0 amide bonds. The summed E-state index contributed by atoms with van der Waals surface area (Å²) < 4.78 is 5.24. The highest BCUT2D eigenvalue weighted by Gasteiger charge is 2.07. The molecule has 1 N–H and O–H groups in total. The molecule has 0 spiro atoms. The van der Waals surface area contributed by atoms with E-state index in [0.29, 0.717) is 12.1 Å². The second-order valence-electron chi connectivity index (χ2n) is 5.27. The Morgan fingerprint density at radius 3 is 2.45 bits per heavy atom. The Morgan fingerprint density at radius 1 is 1.25 bits per heavy atom. The predicted molar refractivity (Wildman–Crippen MR) is 81.7 cm³/mol. The molecule has 0 aliphatic heterocycles. The summed E-state index contributed by atoms with van der Waals surface area (Å²) in [7, 11) is 2.14. The number of nitrogens with one attached hydrogen (secondary N) is 1. The van der Waals surface area contributed by atoms with Gasteiger partial charge in [-0.25, -0.2) is 0 Å². The lowest BCUT2D eigenvalue weighted by molar-refractivity contribution is 0.270. The molecule has 1 atom stereocenters. The molecule has 1 aromatic carbocycles. The van der Waals surface area contributed by atoms with Gasteiger partial charge in [-0.1, -0.05) is 12.1 Å². The lowest BCUT2D eigenvalue weighted by Gasteiger charge is -2.22. The third-order valence-corrected chi connectivity index (χ3v) is 3.48. The van der Waals surface area contributed by atoms with Crippen molar-refractivity contribution in [2.75, 3.05) is 26.7 Å². The van der Waals surface area contributed by atoms with Crippen LogP contribution in [0.2, 0.25) is 0 Å². The highest BCUT2D eigenvalue weighted by molar-refractivity contribution is 5.29. The van der Waals surface area contributed by atoms with Crippen molar-refractivity contribution in [3.8, 4) is 11.8 Å². The monoisotopic (exact) mass is 275 g/mol. The van der Waals surface area contributed by atoms with Gasteiger partial charge in [-0.2, -0.15) is 5.26 Å². The molecule has 0 radical (unpaired) electrons. The first-order valence-electron chi connectivity index (χ1n) is 7.08. The van der Waals surface area contributed by atoms with Gasteiger partial charge in [-0.3, -0.25) is 0 Å². The van der Waals surface area contributed by atoms with Crippen LogP contribution in [-0.2, 0) is 0 Å². The van der Waals surface area contributed by atoms with Crippen molar-refractivity contribution >= 4 is 0 Å². The standard InChI is InChI=1S/C16H25N3O/c1-13(2)19(4)11-10-18-14(3)15-5-7-16(8-6-15)20-12-9-17/h5-8,13-14,18H,10-12H2,1-4H3. The molecule has 1 unspecified atom stereocenters. The van der Waals surface area contributed by atoms with Gasteiger partial charge < -0.3 is 15.0 Å². The summed E-state index contributed by atoms with van der Waals surface area (Å²) in [6.45, 7) is 8.63. The maximum absolute atomic E-state index is 8.46. The highest BCUT2D eigenvalue weighted by Crippen LogP contribution is 2.17. The normalized spacial score (nSPS) is 12.4. The Bertz CT molecular complexity index is 422. The summed E-state index contributed by atoms with van der Waals surface area (Å²) in [6, 6.07) is 10.7. The summed E-state index contributed by atoms with van der Waals surface area (Å²) in [5, 5.41) is 12.0. The minimum atomic E-state index is 0.0920. The molecule has 0 bridgehead atoms. The van der Waals surface area contributed by atoms with Gasteiger partial charge in [-0.15, -0.1) is 0 Å². The van der Waals surface area contributed by atoms with Crippen LogP contribution in [0.5, 0.6) is 5.75 Å². The third kappa shape index (κ3) is 5.60. The summed E-state index contributed by atoms with van der Waals surface area (Å²) in [4.78, 5) is 2.32. The largest absolute Gasteiger partial charge is 0.479 e. The van der Waals surface area contributed by atoms with E-state index in [0.717, 1.165) is 18.8 Å². The van der Waals surface area contributed by atoms with Crippen molar-refractivity contribution in [3.63, 3.8) is 0 Å². The van der Waals surface area contributed by atoms with E-state index in [1.54, 1.807) is 0 Å². The lowest BCUT2D eigenvalue weighted by Crippen LogP contribution is -2.34. The average molecular weight is 275 g/mol. The zero-order chi connectivity index (χ0) is 15.0. The van der Waals surface area contributed by atoms with Gasteiger partial charge in [-0.05, 0) is 45.5 Å². The second kappa shape index (κ2) is 8.57. The Hall–Kier alpha value is -1.57. The van der Waals surface area contributed by atoms with Crippen LogP contribution >= 0.6 is 0 Å².